The van der Waals surface area contributed by atoms with Crippen molar-refractivity contribution in [2.45, 2.75) is 31.1 Å². The summed E-state index contributed by atoms with van der Waals surface area (Å²) in [6, 6.07) is 10.1. The van der Waals surface area contributed by atoms with Gasteiger partial charge in [0.2, 0.25) is 0 Å². The van der Waals surface area contributed by atoms with E-state index in [-0.39, 0.29) is 21.7 Å². The van der Waals surface area contributed by atoms with Gasteiger partial charge in [0.15, 0.2) is 5.82 Å². The van der Waals surface area contributed by atoms with Crippen LogP contribution in [0.4, 0.5) is 5.82 Å². The van der Waals surface area contributed by atoms with Crippen LogP contribution in [0.25, 0.3) is 0 Å². The highest BCUT2D eigenvalue weighted by Crippen LogP contribution is 2.25. The maximum Gasteiger partial charge on any atom is 0.263 e. The van der Waals surface area contributed by atoms with Crippen molar-refractivity contribution < 1.29 is 8.42 Å². The standard InChI is InChI=1S/C16H16BrN3O2S/c1-16(2,3)12-4-6-14(7-5-12)23(21,22)20-15-11(9-18)8-13(17)10-19-15/h4-8,10H,1-3H3,(H,19,20). The lowest BCUT2D eigenvalue weighted by Gasteiger charge is -2.19. The Hall–Kier alpha value is -1.91. The van der Waals surface area contributed by atoms with Gasteiger partial charge in [0, 0.05) is 10.7 Å². The second kappa shape index (κ2) is 6.30. The third kappa shape index (κ3) is 4.09. The molecule has 0 atom stereocenters. The molecule has 7 heteroatoms. The van der Waals surface area contributed by atoms with E-state index < -0.39 is 10.0 Å². The van der Waals surface area contributed by atoms with Crippen LogP contribution in [-0.2, 0) is 15.4 Å². The average molecular weight is 394 g/mol. The topological polar surface area (TPSA) is 82.8 Å². The molecule has 1 aromatic carbocycles. The number of hydrogen-bond donors (Lipinski definition) is 1. The number of halogens is 1. The molecule has 0 aliphatic heterocycles. The number of benzene rings is 1. The molecule has 5 nitrogen and oxygen atoms in total. The normalized spacial score (nSPS) is 11.8. The highest BCUT2D eigenvalue weighted by Gasteiger charge is 2.19. The summed E-state index contributed by atoms with van der Waals surface area (Å²) in [5, 5.41) is 9.09. The van der Waals surface area contributed by atoms with Crippen molar-refractivity contribution in [3.63, 3.8) is 0 Å². The minimum atomic E-state index is -3.80. The molecule has 120 valence electrons. The molecule has 0 fully saturated rings. The van der Waals surface area contributed by atoms with E-state index >= 15 is 0 Å². The Balaban J connectivity index is 2.35. The number of rotatable bonds is 3. The predicted molar refractivity (Wildman–Crippen MR) is 92.6 cm³/mol. The Bertz CT molecular complexity index is 864. The smallest absolute Gasteiger partial charge is 0.262 e. The van der Waals surface area contributed by atoms with Crippen molar-refractivity contribution in [3.8, 4) is 6.07 Å². The molecule has 0 saturated heterocycles. The summed E-state index contributed by atoms with van der Waals surface area (Å²) in [4.78, 5) is 4.08. The number of anilines is 1. The van der Waals surface area contributed by atoms with E-state index in [4.69, 9.17) is 5.26 Å². The number of nitriles is 1. The van der Waals surface area contributed by atoms with Gasteiger partial charge in [-0.3, -0.25) is 4.72 Å². The SMILES string of the molecule is CC(C)(C)c1ccc(S(=O)(=O)Nc2ncc(Br)cc2C#N)cc1. The van der Waals surface area contributed by atoms with Gasteiger partial charge in [-0.2, -0.15) is 5.26 Å². The van der Waals surface area contributed by atoms with Crippen LogP contribution in [-0.4, -0.2) is 13.4 Å². The van der Waals surface area contributed by atoms with Gasteiger partial charge in [0.25, 0.3) is 10.0 Å². The van der Waals surface area contributed by atoms with E-state index in [1.54, 1.807) is 24.3 Å². The van der Waals surface area contributed by atoms with Crippen molar-refractivity contribution in [1.82, 2.24) is 4.98 Å². The van der Waals surface area contributed by atoms with Crippen LogP contribution in [0.2, 0.25) is 0 Å². The third-order valence-electron chi connectivity index (χ3n) is 3.24. The number of pyridine rings is 1. The summed E-state index contributed by atoms with van der Waals surface area (Å²) in [6.07, 6.45) is 1.43. The summed E-state index contributed by atoms with van der Waals surface area (Å²) >= 11 is 3.20. The molecule has 0 aliphatic carbocycles. The van der Waals surface area contributed by atoms with Crippen molar-refractivity contribution in [1.29, 1.82) is 5.26 Å². The van der Waals surface area contributed by atoms with Gasteiger partial charge in [0.05, 0.1) is 10.5 Å². The van der Waals surface area contributed by atoms with Gasteiger partial charge in [-0.25, -0.2) is 13.4 Å². The Morgan fingerprint density at radius 2 is 1.83 bits per heavy atom. The van der Waals surface area contributed by atoms with E-state index in [1.807, 2.05) is 6.07 Å². The number of nitrogens with zero attached hydrogens (tertiary/aromatic N) is 2. The van der Waals surface area contributed by atoms with Crippen LogP contribution in [0.15, 0.2) is 45.9 Å². The van der Waals surface area contributed by atoms with E-state index in [1.165, 1.54) is 12.3 Å². The van der Waals surface area contributed by atoms with Crippen LogP contribution in [0.3, 0.4) is 0 Å². The van der Waals surface area contributed by atoms with Gasteiger partial charge < -0.3 is 0 Å². The molecule has 0 amide bonds. The number of hydrogen-bond acceptors (Lipinski definition) is 4. The maximum absolute atomic E-state index is 12.4. The summed E-state index contributed by atoms with van der Waals surface area (Å²) in [6.45, 7) is 6.17. The Kier molecular flexibility index (Phi) is 4.78. The van der Waals surface area contributed by atoms with Gasteiger partial charge in [-0.05, 0) is 45.1 Å². The monoisotopic (exact) mass is 393 g/mol. The average Bonchev–Trinajstić information content (AvgIpc) is 2.48. The van der Waals surface area contributed by atoms with E-state index in [0.717, 1.165) is 5.56 Å². The highest BCUT2D eigenvalue weighted by molar-refractivity contribution is 9.10. The van der Waals surface area contributed by atoms with Gasteiger partial charge in [-0.15, -0.1) is 0 Å². The quantitative estimate of drug-likeness (QED) is 0.858. The molecule has 0 unspecified atom stereocenters. The molecule has 0 radical (unpaired) electrons. The molecular formula is C16H16BrN3O2S. The fourth-order valence-corrected chi connectivity index (χ4v) is 3.29. The molecule has 1 heterocycles. The second-order valence-corrected chi connectivity index (χ2v) is 8.64. The summed E-state index contributed by atoms with van der Waals surface area (Å²) in [5.41, 5.74) is 1.13. The van der Waals surface area contributed by atoms with Crippen LogP contribution in [0.5, 0.6) is 0 Å². The fourth-order valence-electron chi connectivity index (χ4n) is 1.93. The zero-order valence-electron chi connectivity index (χ0n) is 13.0. The molecule has 1 N–H and O–H groups in total. The molecule has 1 aromatic heterocycles. The zero-order valence-corrected chi connectivity index (χ0v) is 15.4. The molecule has 0 bridgehead atoms. The third-order valence-corrected chi connectivity index (χ3v) is 5.02. The largest absolute Gasteiger partial charge is 0.263 e. The van der Waals surface area contributed by atoms with Crippen LogP contribution >= 0.6 is 15.9 Å². The van der Waals surface area contributed by atoms with Gasteiger partial charge >= 0.3 is 0 Å². The van der Waals surface area contributed by atoms with Crippen LogP contribution in [0, 0.1) is 11.3 Å². The first kappa shape index (κ1) is 17.4. The Morgan fingerprint density at radius 3 is 2.35 bits per heavy atom. The molecule has 0 saturated carbocycles. The van der Waals surface area contributed by atoms with Crippen molar-refractivity contribution in [2.24, 2.45) is 0 Å². The first-order valence-electron chi connectivity index (χ1n) is 6.82. The first-order chi connectivity index (χ1) is 10.6. The van der Waals surface area contributed by atoms with Gasteiger partial charge in [-0.1, -0.05) is 32.9 Å². The molecule has 23 heavy (non-hydrogen) atoms. The zero-order chi connectivity index (χ0) is 17.3. The molecule has 0 spiro atoms. The first-order valence-corrected chi connectivity index (χ1v) is 9.10. The van der Waals surface area contributed by atoms with E-state index in [2.05, 4.69) is 46.4 Å². The minimum Gasteiger partial charge on any atom is -0.262 e. The van der Waals surface area contributed by atoms with Crippen molar-refractivity contribution in [3.05, 3.63) is 52.1 Å². The minimum absolute atomic E-state index is 0.00981. The lowest BCUT2D eigenvalue weighted by molar-refractivity contribution is 0.587. The van der Waals surface area contributed by atoms with E-state index in [0.29, 0.717) is 4.47 Å². The fraction of sp³-hybridized carbons (Fsp3) is 0.250. The summed E-state index contributed by atoms with van der Waals surface area (Å²) in [5.74, 6) is 0.00981. The van der Waals surface area contributed by atoms with Crippen LogP contribution < -0.4 is 4.72 Å². The van der Waals surface area contributed by atoms with Crippen LogP contribution in [0.1, 0.15) is 31.9 Å². The van der Waals surface area contributed by atoms with Crippen molar-refractivity contribution in [2.75, 3.05) is 4.72 Å². The number of nitrogens with one attached hydrogen (secondary N) is 1. The van der Waals surface area contributed by atoms with E-state index in [9.17, 15) is 8.42 Å². The molecule has 2 aromatic rings. The highest BCUT2D eigenvalue weighted by atomic mass is 79.9. The summed E-state index contributed by atoms with van der Waals surface area (Å²) in [7, 11) is -3.80. The predicted octanol–water partition coefficient (Wildman–Crippen LogP) is 3.81. The Labute approximate surface area is 144 Å². The number of sulfonamides is 1. The molecule has 2 rings (SSSR count). The molecule has 0 aliphatic rings. The number of aromatic nitrogens is 1. The lowest BCUT2D eigenvalue weighted by Crippen LogP contribution is -2.16. The van der Waals surface area contributed by atoms with Gasteiger partial charge in [0.1, 0.15) is 6.07 Å². The second-order valence-electron chi connectivity index (χ2n) is 6.04. The summed E-state index contributed by atoms with van der Waals surface area (Å²) < 4.78 is 27.8. The lowest BCUT2D eigenvalue weighted by atomic mass is 9.87. The Morgan fingerprint density at radius 1 is 1.22 bits per heavy atom. The molecular weight excluding hydrogens is 378 g/mol. The maximum atomic E-state index is 12.4. The van der Waals surface area contributed by atoms with Crippen molar-refractivity contribution >= 4 is 31.8 Å².